The Morgan fingerprint density at radius 3 is 2.77 bits per heavy atom. The fraction of sp³-hybridized carbons (Fsp3) is 0.412. The van der Waals surface area contributed by atoms with Crippen LogP contribution in [0, 0.1) is 0 Å². The van der Waals surface area contributed by atoms with E-state index in [2.05, 4.69) is 15.3 Å². The standard InChI is InChI=1S/C17H19ClFN3/c18-14-7-3-1-5-12(14)9-10-20-17-13-6-2-4-8-15(13)21-16(11-19)22-17/h1,3,5,7H,2,4,6,8-11H2,(H,20,21,22). The van der Waals surface area contributed by atoms with Crippen LogP contribution in [0.25, 0.3) is 0 Å². The van der Waals surface area contributed by atoms with Gasteiger partial charge in [0.25, 0.3) is 0 Å². The van der Waals surface area contributed by atoms with Crippen molar-refractivity contribution in [1.29, 1.82) is 0 Å². The second kappa shape index (κ2) is 7.05. The summed E-state index contributed by atoms with van der Waals surface area (Å²) in [6, 6.07) is 7.82. The topological polar surface area (TPSA) is 37.8 Å². The number of alkyl halides is 1. The van der Waals surface area contributed by atoms with E-state index in [0.717, 1.165) is 66.3 Å². The predicted octanol–water partition coefficient (Wildman–Crippen LogP) is 4.13. The number of benzene rings is 1. The van der Waals surface area contributed by atoms with Crippen molar-refractivity contribution in [3.8, 4) is 0 Å². The quantitative estimate of drug-likeness (QED) is 0.900. The van der Waals surface area contributed by atoms with Gasteiger partial charge in [-0.3, -0.25) is 0 Å². The highest BCUT2D eigenvalue weighted by Crippen LogP contribution is 2.26. The van der Waals surface area contributed by atoms with Gasteiger partial charge in [0, 0.05) is 22.8 Å². The summed E-state index contributed by atoms with van der Waals surface area (Å²) in [5.74, 6) is 1.07. The number of anilines is 1. The summed E-state index contributed by atoms with van der Waals surface area (Å²) in [4.78, 5) is 8.65. The lowest BCUT2D eigenvalue weighted by Crippen LogP contribution is -2.16. The lowest BCUT2D eigenvalue weighted by molar-refractivity contribution is 0.462. The number of aromatic nitrogens is 2. The summed E-state index contributed by atoms with van der Waals surface area (Å²) in [5.41, 5.74) is 3.27. The molecule has 1 N–H and O–H groups in total. The van der Waals surface area contributed by atoms with Crippen molar-refractivity contribution in [2.75, 3.05) is 11.9 Å². The monoisotopic (exact) mass is 319 g/mol. The van der Waals surface area contributed by atoms with Gasteiger partial charge in [-0.1, -0.05) is 29.8 Å². The molecule has 0 aliphatic heterocycles. The van der Waals surface area contributed by atoms with Gasteiger partial charge in [-0.25, -0.2) is 14.4 Å². The Morgan fingerprint density at radius 2 is 1.95 bits per heavy atom. The molecule has 3 rings (SSSR count). The van der Waals surface area contributed by atoms with Crippen LogP contribution in [-0.4, -0.2) is 16.5 Å². The van der Waals surface area contributed by atoms with Gasteiger partial charge in [0.15, 0.2) is 5.82 Å². The molecular formula is C17H19ClFN3. The Bertz CT molecular complexity index is 660. The molecule has 0 fully saturated rings. The van der Waals surface area contributed by atoms with Crippen LogP contribution in [0.15, 0.2) is 24.3 Å². The number of aryl methyl sites for hydroxylation is 1. The first-order valence-electron chi connectivity index (χ1n) is 7.70. The molecule has 2 aromatic rings. The minimum absolute atomic E-state index is 0.279. The molecule has 0 saturated carbocycles. The van der Waals surface area contributed by atoms with Crippen LogP contribution < -0.4 is 5.32 Å². The van der Waals surface area contributed by atoms with E-state index in [1.54, 1.807) is 0 Å². The molecule has 1 aromatic carbocycles. The van der Waals surface area contributed by atoms with Crippen molar-refractivity contribution < 1.29 is 4.39 Å². The molecule has 0 saturated heterocycles. The first-order valence-corrected chi connectivity index (χ1v) is 8.07. The minimum atomic E-state index is -0.619. The molecule has 0 unspecified atom stereocenters. The Kier molecular flexibility index (Phi) is 4.88. The lowest BCUT2D eigenvalue weighted by atomic mass is 9.96. The number of hydrogen-bond acceptors (Lipinski definition) is 3. The average molecular weight is 320 g/mol. The fourth-order valence-corrected chi connectivity index (χ4v) is 3.10. The summed E-state index contributed by atoms with van der Waals surface area (Å²) in [6.07, 6.45) is 4.96. The third kappa shape index (κ3) is 3.38. The van der Waals surface area contributed by atoms with Gasteiger partial charge in [-0.2, -0.15) is 0 Å². The molecule has 5 heteroatoms. The lowest BCUT2D eigenvalue weighted by Gasteiger charge is -2.19. The average Bonchev–Trinajstić information content (AvgIpc) is 2.56. The molecule has 1 aliphatic rings. The normalized spacial score (nSPS) is 13.7. The van der Waals surface area contributed by atoms with Gasteiger partial charge in [-0.15, -0.1) is 0 Å². The third-order valence-corrected chi connectivity index (χ3v) is 4.36. The van der Waals surface area contributed by atoms with Crippen LogP contribution in [-0.2, 0) is 25.9 Å². The molecule has 1 heterocycles. The maximum Gasteiger partial charge on any atom is 0.162 e. The van der Waals surface area contributed by atoms with Gasteiger partial charge < -0.3 is 5.32 Å². The highest BCUT2D eigenvalue weighted by atomic mass is 35.5. The summed E-state index contributed by atoms with van der Waals surface area (Å²) in [5, 5.41) is 4.12. The van der Waals surface area contributed by atoms with Gasteiger partial charge >= 0.3 is 0 Å². The summed E-state index contributed by atoms with van der Waals surface area (Å²) >= 11 is 6.17. The summed E-state index contributed by atoms with van der Waals surface area (Å²) in [6.45, 7) is 0.103. The zero-order valence-corrected chi connectivity index (χ0v) is 13.2. The van der Waals surface area contributed by atoms with Crippen LogP contribution in [0.1, 0.15) is 35.5 Å². The molecule has 116 valence electrons. The molecule has 0 amide bonds. The Balaban J connectivity index is 1.73. The summed E-state index contributed by atoms with van der Waals surface area (Å²) < 4.78 is 12.9. The van der Waals surface area contributed by atoms with Crippen molar-refractivity contribution in [1.82, 2.24) is 9.97 Å². The molecule has 3 nitrogen and oxygen atoms in total. The third-order valence-electron chi connectivity index (χ3n) is 3.99. The second-order valence-electron chi connectivity index (χ2n) is 5.52. The number of rotatable bonds is 5. The number of fused-ring (bicyclic) bond motifs is 1. The molecule has 1 aromatic heterocycles. The van der Waals surface area contributed by atoms with Gasteiger partial charge in [0.2, 0.25) is 0 Å². The smallest absolute Gasteiger partial charge is 0.162 e. The van der Waals surface area contributed by atoms with Gasteiger partial charge in [-0.05, 0) is 43.7 Å². The minimum Gasteiger partial charge on any atom is -0.369 e. The number of nitrogens with zero attached hydrogens (tertiary/aromatic N) is 2. The maximum absolute atomic E-state index is 12.9. The zero-order valence-electron chi connectivity index (χ0n) is 12.4. The van der Waals surface area contributed by atoms with Gasteiger partial charge in [0.1, 0.15) is 12.5 Å². The SMILES string of the molecule is FCc1nc2c(c(NCCc3ccccc3Cl)n1)CCCC2. The number of nitrogens with one attached hydrogen (secondary N) is 1. The predicted molar refractivity (Wildman–Crippen MR) is 87.1 cm³/mol. The van der Waals surface area contributed by atoms with Crippen molar-refractivity contribution in [3.63, 3.8) is 0 Å². The van der Waals surface area contributed by atoms with E-state index < -0.39 is 6.67 Å². The largest absolute Gasteiger partial charge is 0.369 e. The molecular weight excluding hydrogens is 301 g/mol. The van der Waals surface area contributed by atoms with Crippen molar-refractivity contribution in [2.45, 2.75) is 38.8 Å². The first kappa shape index (κ1) is 15.2. The maximum atomic E-state index is 12.9. The highest BCUT2D eigenvalue weighted by molar-refractivity contribution is 6.31. The van der Waals surface area contributed by atoms with E-state index >= 15 is 0 Å². The van der Waals surface area contributed by atoms with E-state index in [-0.39, 0.29) is 5.82 Å². The Labute approximate surface area is 134 Å². The molecule has 1 aliphatic carbocycles. The van der Waals surface area contributed by atoms with E-state index in [1.165, 1.54) is 0 Å². The zero-order chi connectivity index (χ0) is 15.4. The molecule has 0 spiro atoms. The van der Waals surface area contributed by atoms with Crippen LogP contribution in [0.3, 0.4) is 0 Å². The van der Waals surface area contributed by atoms with Crippen molar-refractivity contribution >= 4 is 17.4 Å². The van der Waals surface area contributed by atoms with Crippen LogP contribution in [0.2, 0.25) is 5.02 Å². The van der Waals surface area contributed by atoms with Crippen LogP contribution in [0.4, 0.5) is 10.2 Å². The van der Waals surface area contributed by atoms with Crippen LogP contribution in [0.5, 0.6) is 0 Å². The Hall–Kier alpha value is -1.68. The second-order valence-corrected chi connectivity index (χ2v) is 5.93. The van der Waals surface area contributed by atoms with E-state index in [1.807, 2.05) is 24.3 Å². The molecule has 0 bridgehead atoms. The van der Waals surface area contributed by atoms with E-state index in [0.29, 0.717) is 0 Å². The van der Waals surface area contributed by atoms with Gasteiger partial charge in [0.05, 0.1) is 0 Å². The van der Waals surface area contributed by atoms with Crippen molar-refractivity contribution in [2.24, 2.45) is 0 Å². The van der Waals surface area contributed by atoms with Crippen LogP contribution >= 0.6 is 11.6 Å². The summed E-state index contributed by atoms with van der Waals surface area (Å²) in [7, 11) is 0. The fourth-order valence-electron chi connectivity index (χ4n) is 2.87. The van der Waals surface area contributed by atoms with E-state index in [9.17, 15) is 4.39 Å². The highest BCUT2D eigenvalue weighted by Gasteiger charge is 2.17. The Morgan fingerprint density at radius 1 is 1.14 bits per heavy atom. The molecule has 0 radical (unpaired) electrons. The molecule has 22 heavy (non-hydrogen) atoms. The number of hydrogen-bond donors (Lipinski definition) is 1. The molecule has 0 atom stereocenters. The number of halogens is 2. The van der Waals surface area contributed by atoms with Crippen molar-refractivity contribution in [3.05, 3.63) is 51.9 Å². The first-order chi connectivity index (χ1) is 10.8. The van der Waals surface area contributed by atoms with E-state index in [4.69, 9.17) is 11.6 Å².